The van der Waals surface area contributed by atoms with Gasteiger partial charge in [-0.3, -0.25) is 9.69 Å². The van der Waals surface area contributed by atoms with Crippen molar-refractivity contribution in [3.8, 4) is 0 Å². The van der Waals surface area contributed by atoms with Crippen molar-refractivity contribution in [2.75, 3.05) is 7.05 Å². The zero-order valence-corrected chi connectivity index (χ0v) is 10.6. The Bertz CT molecular complexity index is 445. The molecular formula is C15H19NO2. The molecule has 3 heteroatoms. The van der Waals surface area contributed by atoms with E-state index in [0.717, 1.165) is 19.3 Å². The topological polar surface area (TPSA) is 40.5 Å². The average Bonchev–Trinajstić information content (AvgIpc) is 2.63. The second-order valence-electron chi connectivity index (χ2n) is 5.58. The number of hydrogen-bond donors (Lipinski definition) is 1. The van der Waals surface area contributed by atoms with Gasteiger partial charge in [0.25, 0.3) is 0 Å². The van der Waals surface area contributed by atoms with Crippen LogP contribution in [0.2, 0.25) is 0 Å². The molecule has 0 amide bonds. The fourth-order valence-corrected chi connectivity index (χ4v) is 3.85. The van der Waals surface area contributed by atoms with Crippen molar-refractivity contribution in [3.63, 3.8) is 0 Å². The number of benzene rings is 1. The molecule has 18 heavy (non-hydrogen) atoms. The van der Waals surface area contributed by atoms with Gasteiger partial charge in [-0.1, -0.05) is 30.3 Å². The van der Waals surface area contributed by atoms with Crippen molar-refractivity contribution < 1.29 is 9.90 Å². The summed E-state index contributed by atoms with van der Waals surface area (Å²) in [4.78, 5) is 13.9. The van der Waals surface area contributed by atoms with Crippen LogP contribution in [0.4, 0.5) is 0 Å². The number of nitrogens with zero attached hydrogens (tertiary/aromatic N) is 1. The molecule has 3 rings (SSSR count). The van der Waals surface area contributed by atoms with Gasteiger partial charge in [0.05, 0.1) is 5.92 Å². The van der Waals surface area contributed by atoms with Crippen molar-refractivity contribution in [2.24, 2.45) is 5.92 Å². The maximum absolute atomic E-state index is 11.5. The number of aliphatic carboxylic acids is 1. The second kappa shape index (κ2) is 4.39. The van der Waals surface area contributed by atoms with Crippen LogP contribution in [0.5, 0.6) is 0 Å². The minimum Gasteiger partial charge on any atom is -0.481 e. The largest absolute Gasteiger partial charge is 0.481 e. The zero-order valence-electron chi connectivity index (χ0n) is 10.6. The first-order valence-corrected chi connectivity index (χ1v) is 6.68. The Balaban J connectivity index is 1.99. The van der Waals surface area contributed by atoms with Gasteiger partial charge >= 0.3 is 5.97 Å². The van der Waals surface area contributed by atoms with E-state index in [4.69, 9.17) is 0 Å². The van der Waals surface area contributed by atoms with Crippen molar-refractivity contribution in [3.05, 3.63) is 35.9 Å². The third-order valence-corrected chi connectivity index (χ3v) is 4.77. The van der Waals surface area contributed by atoms with Crippen molar-refractivity contribution in [1.29, 1.82) is 0 Å². The molecule has 2 aliphatic heterocycles. The Labute approximate surface area is 107 Å². The van der Waals surface area contributed by atoms with E-state index in [1.165, 1.54) is 5.56 Å². The van der Waals surface area contributed by atoms with E-state index in [9.17, 15) is 9.90 Å². The van der Waals surface area contributed by atoms with Gasteiger partial charge in [0.2, 0.25) is 0 Å². The molecule has 1 aromatic carbocycles. The maximum atomic E-state index is 11.5. The number of piperidine rings is 1. The van der Waals surface area contributed by atoms with Gasteiger partial charge < -0.3 is 5.11 Å². The predicted octanol–water partition coefficient (Wildman–Crippen LogP) is 2.34. The fourth-order valence-electron chi connectivity index (χ4n) is 3.85. The third-order valence-electron chi connectivity index (χ3n) is 4.77. The molecule has 0 saturated carbocycles. The lowest BCUT2D eigenvalue weighted by Gasteiger charge is -2.41. The molecule has 1 aromatic rings. The SMILES string of the molecule is CN1[C@@H]2CC[C@H]1[C@H](c1ccccc1)[C@@H](C(=O)O)C2. The minimum atomic E-state index is -0.631. The number of fused-ring (bicyclic) bond motifs is 2. The second-order valence-corrected chi connectivity index (χ2v) is 5.58. The molecule has 4 atom stereocenters. The molecule has 0 unspecified atom stereocenters. The Morgan fingerprint density at radius 3 is 2.67 bits per heavy atom. The van der Waals surface area contributed by atoms with Crippen molar-refractivity contribution in [2.45, 2.75) is 37.3 Å². The van der Waals surface area contributed by atoms with E-state index in [1.54, 1.807) is 0 Å². The molecule has 0 aliphatic carbocycles. The Hall–Kier alpha value is -1.35. The van der Waals surface area contributed by atoms with Crippen LogP contribution in [0, 0.1) is 5.92 Å². The van der Waals surface area contributed by atoms with E-state index < -0.39 is 5.97 Å². The van der Waals surface area contributed by atoms with Gasteiger partial charge in [-0.2, -0.15) is 0 Å². The van der Waals surface area contributed by atoms with Gasteiger partial charge in [0, 0.05) is 18.0 Å². The van der Waals surface area contributed by atoms with E-state index in [2.05, 4.69) is 24.1 Å². The summed E-state index contributed by atoms with van der Waals surface area (Å²) in [5.74, 6) is -0.706. The quantitative estimate of drug-likeness (QED) is 0.869. The summed E-state index contributed by atoms with van der Waals surface area (Å²) in [6.07, 6.45) is 3.07. The number of rotatable bonds is 2. The highest BCUT2D eigenvalue weighted by atomic mass is 16.4. The third kappa shape index (κ3) is 1.74. The van der Waals surface area contributed by atoms with Crippen LogP contribution in [0.1, 0.15) is 30.7 Å². The molecule has 2 fully saturated rings. The molecule has 2 bridgehead atoms. The number of likely N-dealkylation sites (N-methyl/N-ethyl adjacent to an activating group) is 1. The molecule has 0 aromatic heterocycles. The molecule has 0 spiro atoms. The summed E-state index contributed by atoms with van der Waals surface area (Å²) in [7, 11) is 2.15. The van der Waals surface area contributed by atoms with Crippen molar-refractivity contribution in [1.82, 2.24) is 4.90 Å². The van der Waals surface area contributed by atoms with Crippen LogP contribution >= 0.6 is 0 Å². The minimum absolute atomic E-state index is 0.146. The normalized spacial score (nSPS) is 35.6. The predicted molar refractivity (Wildman–Crippen MR) is 69.5 cm³/mol. The van der Waals surface area contributed by atoms with Crippen LogP contribution in [-0.4, -0.2) is 35.1 Å². The Kier molecular flexibility index (Phi) is 2.86. The first-order chi connectivity index (χ1) is 8.68. The first kappa shape index (κ1) is 11.7. The summed E-state index contributed by atoms with van der Waals surface area (Å²) in [5.41, 5.74) is 1.18. The van der Waals surface area contributed by atoms with E-state index >= 15 is 0 Å². The highest BCUT2D eigenvalue weighted by Crippen LogP contribution is 2.46. The van der Waals surface area contributed by atoms with Gasteiger partial charge in [-0.25, -0.2) is 0 Å². The van der Waals surface area contributed by atoms with Crippen LogP contribution in [0.3, 0.4) is 0 Å². The number of hydrogen-bond acceptors (Lipinski definition) is 2. The molecular weight excluding hydrogens is 226 g/mol. The van der Waals surface area contributed by atoms with E-state index in [1.807, 2.05) is 18.2 Å². The highest BCUT2D eigenvalue weighted by Gasteiger charge is 2.48. The first-order valence-electron chi connectivity index (χ1n) is 6.68. The number of carboxylic acids is 1. The molecule has 2 heterocycles. The monoisotopic (exact) mass is 245 g/mol. The van der Waals surface area contributed by atoms with Crippen LogP contribution in [0.25, 0.3) is 0 Å². The Morgan fingerprint density at radius 2 is 2.00 bits per heavy atom. The van der Waals surface area contributed by atoms with Crippen LogP contribution in [0.15, 0.2) is 30.3 Å². The van der Waals surface area contributed by atoms with Crippen LogP contribution in [-0.2, 0) is 4.79 Å². The molecule has 2 aliphatic rings. The van der Waals surface area contributed by atoms with E-state index in [0.29, 0.717) is 12.1 Å². The van der Waals surface area contributed by atoms with Gasteiger partial charge in [0.1, 0.15) is 0 Å². The van der Waals surface area contributed by atoms with Crippen LogP contribution < -0.4 is 0 Å². The highest BCUT2D eigenvalue weighted by molar-refractivity contribution is 5.72. The maximum Gasteiger partial charge on any atom is 0.307 e. The molecule has 1 N–H and O–H groups in total. The smallest absolute Gasteiger partial charge is 0.307 e. The number of carboxylic acid groups (broad SMARTS) is 1. The summed E-state index contributed by atoms with van der Waals surface area (Å²) in [5, 5.41) is 9.50. The fraction of sp³-hybridized carbons (Fsp3) is 0.533. The molecule has 96 valence electrons. The van der Waals surface area contributed by atoms with Crippen molar-refractivity contribution >= 4 is 5.97 Å². The summed E-state index contributed by atoms with van der Waals surface area (Å²) < 4.78 is 0. The molecule has 2 saturated heterocycles. The van der Waals surface area contributed by atoms with Gasteiger partial charge in [0.15, 0.2) is 0 Å². The summed E-state index contributed by atoms with van der Waals surface area (Å²) in [6, 6.07) is 11.0. The number of carbonyl (C=O) groups is 1. The van der Waals surface area contributed by atoms with Gasteiger partial charge in [-0.05, 0) is 31.9 Å². The zero-order chi connectivity index (χ0) is 12.7. The standard InChI is InChI=1S/C15H19NO2/c1-16-11-7-8-13(16)14(12(9-11)15(17)18)10-5-3-2-4-6-10/h2-6,11-14H,7-9H2,1H3,(H,17,18)/t11-,12+,13+,14-/m1/s1. The lowest BCUT2D eigenvalue weighted by atomic mass is 9.76. The van der Waals surface area contributed by atoms with Gasteiger partial charge in [-0.15, -0.1) is 0 Å². The molecule has 3 nitrogen and oxygen atoms in total. The van der Waals surface area contributed by atoms with E-state index in [-0.39, 0.29) is 11.8 Å². The lowest BCUT2D eigenvalue weighted by molar-refractivity contribution is -0.145. The average molecular weight is 245 g/mol. The molecule has 0 radical (unpaired) electrons. The summed E-state index contributed by atoms with van der Waals surface area (Å²) in [6.45, 7) is 0. The lowest BCUT2D eigenvalue weighted by Crippen LogP contribution is -2.47. The Morgan fingerprint density at radius 1 is 1.28 bits per heavy atom. The summed E-state index contributed by atoms with van der Waals surface area (Å²) >= 11 is 0.